The summed E-state index contributed by atoms with van der Waals surface area (Å²) in [5.41, 5.74) is 3.45. The smallest absolute Gasteiger partial charge is 0.342 e. The molecule has 1 aliphatic rings. The summed E-state index contributed by atoms with van der Waals surface area (Å²) in [6, 6.07) is 0. The van der Waals surface area contributed by atoms with Crippen LogP contribution in [0.5, 0.6) is 11.5 Å². The second kappa shape index (κ2) is 6.18. The van der Waals surface area contributed by atoms with Gasteiger partial charge in [0.1, 0.15) is 23.7 Å². The number of rotatable bonds is 5. The monoisotopic (exact) mass is 292 g/mol. The maximum Gasteiger partial charge on any atom is 0.342 e. The Balaban J connectivity index is 2.50. The van der Waals surface area contributed by atoms with Crippen molar-refractivity contribution in [3.8, 4) is 11.5 Å². The summed E-state index contributed by atoms with van der Waals surface area (Å²) in [5, 5.41) is 10.4. The molecular weight excluding hydrogens is 272 g/mol. The molecule has 0 spiro atoms. The normalized spacial score (nSPS) is 14.1. The van der Waals surface area contributed by atoms with Crippen LogP contribution in [0, 0.1) is 6.92 Å². The molecule has 0 saturated heterocycles. The molecule has 0 aliphatic carbocycles. The highest BCUT2D eigenvalue weighted by molar-refractivity contribution is 5.98. The second-order valence-corrected chi connectivity index (χ2v) is 5.10. The lowest BCUT2D eigenvalue weighted by atomic mass is 9.95. The van der Waals surface area contributed by atoms with E-state index in [2.05, 4.69) is 0 Å². The predicted molar refractivity (Wildman–Crippen MR) is 77.9 cm³/mol. The molecule has 5 heteroatoms. The fourth-order valence-electron chi connectivity index (χ4n) is 2.59. The second-order valence-electron chi connectivity index (χ2n) is 5.10. The Bertz CT molecular complexity index is 601. The summed E-state index contributed by atoms with van der Waals surface area (Å²) in [6.07, 6.45) is 2.42. The molecular formula is C16H20O5. The molecule has 21 heavy (non-hydrogen) atoms. The minimum atomic E-state index is -0.480. The van der Waals surface area contributed by atoms with Gasteiger partial charge >= 0.3 is 5.97 Å². The summed E-state index contributed by atoms with van der Waals surface area (Å²) in [7, 11) is 3.19. The number of ether oxygens (including phenoxy) is 3. The van der Waals surface area contributed by atoms with Gasteiger partial charge in [-0.05, 0) is 25.8 Å². The van der Waals surface area contributed by atoms with E-state index in [0.29, 0.717) is 29.9 Å². The van der Waals surface area contributed by atoms with E-state index in [1.165, 1.54) is 0 Å². The van der Waals surface area contributed by atoms with Crippen molar-refractivity contribution in [2.24, 2.45) is 0 Å². The number of esters is 1. The Morgan fingerprint density at radius 3 is 2.76 bits per heavy atom. The molecule has 1 aliphatic heterocycles. The van der Waals surface area contributed by atoms with Gasteiger partial charge in [-0.1, -0.05) is 11.6 Å². The summed E-state index contributed by atoms with van der Waals surface area (Å²) in [6.45, 7) is 4.52. The molecule has 1 heterocycles. The van der Waals surface area contributed by atoms with Crippen LogP contribution < -0.4 is 4.74 Å². The lowest BCUT2D eigenvalue weighted by molar-refractivity contribution is 0.0533. The zero-order valence-corrected chi connectivity index (χ0v) is 12.8. The number of methoxy groups -OCH3 is 2. The van der Waals surface area contributed by atoms with Crippen molar-refractivity contribution in [3.63, 3.8) is 0 Å². The van der Waals surface area contributed by atoms with Crippen molar-refractivity contribution in [1.82, 2.24) is 0 Å². The van der Waals surface area contributed by atoms with Crippen molar-refractivity contribution in [1.29, 1.82) is 0 Å². The van der Waals surface area contributed by atoms with Crippen molar-refractivity contribution in [2.75, 3.05) is 20.8 Å². The van der Waals surface area contributed by atoms with E-state index in [-0.39, 0.29) is 17.9 Å². The SMILES string of the molecule is COC/C(C)=C/Cc1c(O)c2c(c(C)c1OC)COC2=O. The molecule has 0 amide bonds. The third-order valence-corrected chi connectivity index (χ3v) is 3.67. The zero-order valence-electron chi connectivity index (χ0n) is 12.8. The number of allylic oxidation sites excluding steroid dienone is 1. The van der Waals surface area contributed by atoms with Crippen LogP contribution in [0.1, 0.15) is 34.0 Å². The van der Waals surface area contributed by atoms with E-state index in [9.17, 15) is 9.90 Å². The van der Waals surface area contributed by atoms with E-state index in [1.54, 1.807) is 14.2 Å². The minimum Gasteiger partial charge on any atom is -0.507 e. The van der Waals surface area contributed by atoms with Crippen LogP contribution in [0.2, 0.25) is 0 Å². The van der Waals surface area contributed by atoms with Gasteiger partial charge in [0.05, 0.1) is 13.7 Å². The maximum atomic E-state index is 11.8. The van der Waals surface area contributed by atoms with Crippen LogP contribution in [0.15, 0.2) is 11.6 Å². The summed E-state index contributed by atoms with van der Waals surface area (Å²) in [5.74, 6) is 0.0783. The highest BCUT2D eigenvalue weighted by Gasteiger charge is 2.31. The van der Waals surface area contributed by atoms with Crippen LogP contribution in [-0.4, -0.2) is 31.9 Å². The third-order valence-electron chi connectivity index (χ3n) is 3.67. The number of carbonyl (C=O) groups is 1. The number of phenols is 1. The lowest BCUT2D eigenvalue weighted by Crippen LogP contribution is -2.03. The largest absolute Gasteiger partial charge is 0.507 e. The molecule has 0 bridgehead atoms. The number of fused-ring (bicyclic) bond motifs is 1. The van der Waals surface area contributed by atoms with Gasteiger partial charge in [-0.25, -0.2) is 4.79 Å². The summed E-state index contributed by atoms with van der Waals surface area (Å²) in [4.78, 5) is 11.8. The summed E-state index contributed by atoms with van der Waals surface area (Å²) < 4.78 is 15.5. The molecule has 114 valence electrons. The number of hydrogen-bond donors (Lipinski definition) is 1. The Morgan fingerprint density at radius 2 is 2.14 bits per heavy atom. The van der Waals surface area contributed by atoms with Crippen LogP contribution >= 0.6 is 0 Å². The molecule has 0 aromatic heterocycles. The standard InChI is InChI=1S/C16H20O5/c1-9(7-19-3)5-6-11-14(17)13-12(8-21-16(13)18)10(2)15(11)20-4/h5,17H,6-8H2,1-4H3/b9-5+. The number of phenolic OH excluding ortho intramolecular Hbond substituents is 1. The first-order valence-corrected chi connectivity index (χ1v) is 6.74. The topological polar surface area (TPSA) is 65.0 Å². The fraction of sp³-hybridized carbons (Fsp3) is 0.438. The van der Waals surface area contributed by atoms with Crippen molar-refractivity contribution >= 4 is 5.97 Å². The van der Waals surface area contributed by atoms with Gasteiger partial charge in [0.25, 0.3) is 0 Å². The van der Waals surface area contributed by atoms with Gasteiger partial charge < -0.3 is 19.3 Å². The molecule has 5 nitrogen and oxygen atoms in total. The Hall–Kier alpha value is -2.01. The minimum absolute atomic E-state index is 0.0450. The number of hydrogen-bond acceptors (Lipinski definition) is 5. The van der Waals surface area contributed by atoms with Gasteiger partial charge in [-0.3, -0.25) is 0 Å². The molecule has 0 saturated carbocycles. The van der Waals surface area contributed by atoms with E-state index >= 15 is 0 Å². The van der Waals surface area contributed by atoms with Gasteiger partial charge in [0.2, 0.25) is 0 Å². The first kappa shape index (κ1) is 15.4. The molecule has 0 radical (unpaired) electrons. The molecule has 1 aromatic carbocycles. The van der Waals surface area contributed by atoms with Crippen LogP contribution in [0.3, 0.4) is 0 Å². The Labute approximate surface area is 124 Å². The average molecular weight is 292 g/mol. The number of carbonyl (C=O) groups excluding carboxylic acids is 1. The maximum absolute atomic E-state index is 11.8. The quantitative estimate of drug-likeness (QED) is 0.667. The Kier molecular flexibility index (Phi) is 4.53. The highest BCUT2D eigenvalue weighted by Crippen LogP contribution is 2.41. The van der Waals surface area contributed by atoms with Crippen LogP contribution in [0.25, 0.3) is 0 Å². The average Bonchev–Trinajstić information content (AvgIpc) is 2.84. The molecule has 0 unspecified atom stereocenters. The van der Waals surface area contributed by atoms with Gasteiger partial charge in [0, 0.05) is 18.2 Å². The van der Waals surface area contributed by atoms with Gasteiger partial charge in [0.15, 0.2) is 0 Å². The van der Waals surface area contributed by atoms with E-state index in [0.717, 1.165) is 11.1 Å². The lowest BCUT2D eigenvalue weighted by Gasteiger charge is -2.15. The number of aromatic hydroxyl groups is 1. The number of benzene rings is 1. The molecule has 0 fully saturated rings. The van der Waals surface area contributed by atoms with Gasteiger partial charge in [-0.15, -0.1) is 0 Å². The fourth-order valence-corrected chi connectivity index (χ4v) is 2.59. The molecule has 1 N–H and O–H groups in total. The molecule has 0 atom stereocenters. The van der Waals surface area contributed by atoms with Crippen LogP contribution in [-0.2, 0) is 22.5 Å². The van der Waals surface area contributed by atoms with Crippen molar-refractivity contribution in [3.05, 3.63) is 33.9 Å². The highest BCUT2D eigenvalue weighted by atomic mass is 16.5. The van der Waals surface area contributed by atoms with Crippen LogP contribution in [0.4, 0.5) is 0 Å². The predicted octanol–water partition coefficient (Wildman–Crippen LogP) is 2.51. The van der Waals surface area contributed by atoms with E-state index in [4.69, 9.17) is 14.2 Å². The van der Waals surface area contributed by atoms with E-state index in [1.807, 2.05) is 19.9 Å². The Morgan fingerprint density at radius 1 is 1.43 bits per heavy atom. The molecule has 2 rings (SSSR count). The van der Waals surface area contributed by atoms with Gasteiger partial charge in [-0.2, -0.15) is 0 Å². The summed E-state index contributed by atoms with van der Waals surface area (Å²) >= 11 is 0. The first-order chi connectivity index (χ1) is 10.0. The first-order valence-electron chi connectivity index (χ1n) is 6.74. The number of cyclic esters (lactones) is 1. The van der Waals surface area contributed by atoms with Crippen molar-refractivity contribution in [2.45, 2.75) is 26.9 Å². The van der Waals surface area contributed by atoms with Crippen molar-refractivity contribution < 1.29 is 24.1 Å². The third kappa shape index (κ3) is 2.74. The zero-order chi connectivity index (χ0) is 15.6. The van der Waals surface area contributed by atoms with E-state index < -0.39 is 5.97 Å². The molecule has 1 aromatic rings.